The van der Waals surface area contributed by atoms with Crippen molar-refractivity contribution in [2.24, 2.45) is 0 Å². The Morgan fingerprint density at radius 3 is 2.38 bits per heavy atom. The minimum atomic E-state index is -3.82. The van der Waals surface area contributed by atoms with E-state index < -0.39 is 15.7 Å². The zero-order valence-electron chi connectivity index (χ0n) is 18.8. The molecule has 2 aromatic heterocycles. The Kier molecular flexibility index (Phi) is 6.52. The number of benzene rings is 2. The molecule has 0 atom stereocenters. The Morgan fingerprint density at radius 2 is 1.68 bits per heavy atom. The Bertz CT molecular complexity index is 1460. The molecule has 2 aromatic carbocycles. The zero-order chi connectivity index (χ0) is 24.5. The molecule has 4 aromatic rings. The summed E-state index contributed by atoms with van der Waals surface area (Å²) in [6.45, 7) is 1.99. The van der Waals surface area contributed by atoms with E-state index in [2.05, 4.69) is 0 Å². The van der Waals surface area contributed by atoms with Crippen LogP contribution in [0.5, 0.6) is 0 Å². The quantitative estimate of drug-likeness (QED) is 0.384. The summed E-state index contributed by atoms with van der Waals surface area (Å²) in [5.74, 6) is -1.40. The van der Waals surface area contributed by atoms with Gasteiger partial charge in [-0.3, -0.25) is 4.79 Å². The second-order valence-corrected chi connectivity index (χ2v) is 10.2. The average molecular weight is 483 g/mol. The Labute approximate surface area is 197 Å². The van der Waals surface area contributed by atoms with Gasteiger partial charge in [-0.05, 0) is 60.0 Å². The molecule has 0 unspecified atom stereocenters. The third-order valence-electron chi connectivity index (χ3n) is 5.79. The lowest BCUT2D eigenvalue weighted by Crippen LogP contribution is -2.28. The van der Waals surface area contributed by atoms with Crippen molar-refractivity contribution in [2.75, 3.05) is 7.05 Å². The van der Waals surface area contributed by atoms with E-state index in [1.807, 2.05) is 0 Å². The van der Waals surface area contributed by atoms with Gasteiger partial charge < -0.3 is 9.30 Å². The number of aromatic nitrogens is 1. The molecule has 1 amide bonds. The molecule has 0 N–H and O–H groups in total. The number of rotatable bonds is 7. The molecule has 0 saturated carbocycles. The lowest BCUT2D eigenvalue weighted by molar-refractivity contribution is -0.129. The minimum absolute atomic E-state index is 0.00973. The molecule has 8 heteroatoms. The van der Waals surface area contributed by atoms with Crippen molar-refractivity contribution < 1.29 is 22.0 Å². The topological polar surface area (TPSA) is 58.9 Å². The summed E-state index contributed by atoms with van der Waals surface area (Å²) < 4.78 is 55.3. The highest BCUT2D eigenvalue weighted by molar-refractivity contribution is 7.91. The van der Waals surface area contributed by atoms with E-state index in [-0.39, 0.29) is 28.8 Å². The van der Waals surface area contributed by atoms with Crippen LogP contribution in [-0.2, 0) is 33.4 Å². The van der Waals surface area contributed by atoms with E-state index in [0.29, 0.717) is 28.9 Å². The third-order valence-corrected chi connectivity index (χ3v) is 7.64. The van der Waals surface area contributed by atoms with Crippen LogP contribution in [0.15, 0.2) is 77.8 Å². The fourth-order valence-corrected chi connectivity index (χ4v) is 5.96. The summed E-state index contributed by atoms with van der Waals surface area (Å²) in [4.78, 5) is 14.7. The lowest BCUT2D eigenvalue weighted by atomic mass is 10.1. The van der Waals surface area contributed by atoms with Crippen molar-refractivity contribution in [3.8, 4) is 0 Å². The first-order valence-electron chi connectivity index (χ1n) is 10.7. The number of pyridine rings is 1. The van der Waals surface area contributed by atoms with Crippen molar-refractivity contribution in [3.63, 3.8) is 0 Å². The van der Waals surface area contributed by atoms with Crippen LogP contribution in [-0.4, -0.2) is 30.7 Å². The van der Waals surface area contributed by atoms with Crippen LogP contribution in [0.1, 0.15) is 22.4 Å². The molecular weight excluding hydrogens is 458 g/mol. The van der Waals surface area contributed by atoms with E-state index in [4.69, 9.17) is 0 Å². The Balaban J connectivity index is 1.66. The van der Waals surface area contributed by atoms with Crippen molar-refractivity contribution in [2.45, 2.75) is 30.5 Å². The van der Waals surface area contributed by atoms with Crippen molar-refractivity contribution in [1.82, 2.24) is 9.30 Å². The number of halogens is 2. The monoisotopic (exact) mass is 482 g/mol. The fraction of sp³-hybridized carbons (Fsp3) is 0.192. The van der Waals surface area contributed by atoms with Crippen molar-refractivity contribution >= 4 is 21.3 Å². The molecule has 5 nitrogen and oxygen atoms in total. The maximum atomic E-state index is 13.6. The molecule has 0 spiro atoms. The number of hydrogen-bond donors (Lipinski definition) is 0. The first-order chi connectivity index (χ1) is 16.2. The molecule has 0 bridgehead atoms. The summed E-state index contributed by atoms with van der Waals surface area (Å²) in [6.07, 6.45) is 1.72. The summed E-state index contributed by atoms with van der Waals surface area (Å²) >= 11 is 0. The van der Waals surface area contributed by atoms with Gasteiger partial charge in [0.25, 0.3) is 0 Å². The summed E-state index contributed by atoms with van der Waals surface area (Å²) in [5.41, 5.74) is 2.68. The highest BCUT2D eigenvalue weighted by Gasteiger charge is 2.27. The molecular formula is C26H24F2N2O3S. The average Bonchev–Trinajstić information content (AvgIpc) is 3.07. The molecule has 4 rings (SSSR count). The lowest BCUT2D eigenvalue weighted by Gasteiger charge is -2.18. The fourth-order valence-electron chi connectivity index (χ4n) is 4.13. The van der Waals surface area contributed by atoms with Gasteiger partial charge in [-0.1, -0.05) is 30.3 Å². The second-order valence-electron chi connectivity index (χ2n) is 8.30. The van der Waals surface area contributed by atoms with Gasteiger partial charge in [-0.25, -0.2) is 17.2 Å². The Morgan fingerprint density at radius 1 is 0.941 bits per heavy atom. The predicted octanol–water partition coefficient (Wildman–Crippen LogP) is 4.70. The maximum Gasteiger partial charge on any atom is 0.228 e. The smallest absolute Gasteiger partial charge is 0.228 e. The van der Waals surface area contributed by atoms with Crippen LogP contribution < -0.4 is 0 Å². The van der Waals surface area contributed by atoms with Crippen LogP contribution in [0.4, 0.5) is 8.78 Å². The van der Waals surface area contributed by atoms with E-state index >= 15 is 0 Å². The number of likely N-dealkylation sites (N-methyl/N-ethyl adjacent to an activating group) is 1. The largest absolute Gasteiger partial charge is 0.341 e. The van der Waals surface area contributed by atoms with Gasteiger partial charge in [0.1, 0.15) is 11.6 Å². The van der Waals surface area contributed by atoms with E-state index in [1.54, 1.807) is 61.0 Å². The number of sulfone groups is 1. The molecule has 2 heterocycles. The van der Waals surface area contributed by atoms with Gasteiger partial charge in [-0.2, -0.15) is 0 Å². The van der Waals surface area contributed by atoms with Gasteiger partial charge >= 0.3 is 0 Å². The Hall–Kier alpha value is -3.52. The number of hydrogen-bond acceptors (Lipinski definition) is 3. The number of fused-ring (bicyclic) bond motifs is 1. The molecule has 34 heavy (non-hydrogen) atoms. The third kappa shape index (κ3) is 4.87. The highest BCUT2D eigenvalue weighted by Crippen LogP contribution is 2.31. The summed E-state index contributed by atoms with van der Waals surface area (Å²) in [6, 6.07) is 16.6. The van der Waals surface area contributed by atoms with Gasteiger partial charge in [0.05, 0.1) is 22.6 Å². The van der Waals surface area contributed by atoms with Gasteiger partial charge in [0.15, 0.2) is 9.84 Å². The van der Waals surface area contributed by atoms with Gasteiger partial charge in [-0.15, -0.1) is 0 Å². The van der Waals surface area contributed by atoms with Crippen molar-refractivity contribution in [3.05, 3.63) is 107 Å². The zero-order valence-corrected chi connectivity index (χ0v) is 19.6. The first-order valence-corrected chi connectivity index (χ1v) is 12.3. The second kappa shape index (κ2) is 9.38. The van der Waals surface area contributed by atoms with Crippen LogP contribution >= 0.6 is 0 Å². The minimum Gasteiger partial charge on any atom is -0.341 e. The van der Waals surface area contributed by atoms with Gasteiger partial charge in [0.2, 0.25) is 5.91 Å². The van der Waals surface area contributed by atoms with E-state index in [1.165, 1.54) is 35.2 Å². The first kappa shape index (κ1) is 23.6. The molecule has 0 aliphatic heterocycles. The molecule has 176 valence electrons. The molecule has 0 radical (unpaired) electrons. The molecule has 0 saturated heterocycles. The van der Waals surface area contributed by atoms with E-state index in [9.17, 15) is 22.0 Å². The van der Waals surface area contributed by atoms with E-state index in [0.717, 1.165) is 5.56 Å². The number of carbonyl (C=O) groups is 1. The van der Waals surface area contributed by atoms with Crippen LogP contribution in [0, 0.1) is 18.6 Å². The normalized spacial score (nSPS) is 11.6. The standard InChI is InChI=1S/C26H24F2N2O3S/c1-18-24(15-25(31)29(2)16-19-9-11-21(27)12-10-19)30-13-4-3-8-23(30)26(18)34(32,33)17-20-6-5-7-22(28)14-20/h3-14H,15-17H2,1-2H3. The molecule has 0 aliphatic carbocycles. The molecule has 0 fully saturated rings. The highest BCUT2D eigenvalue weighted by atomic mass is 32.2. The SMILES string of the molecule is Cc1c(S(=O)(=O)Cc2cccc(F)c2)c2ccccn2c1CC(=O)N(C)Cc1ccc(F)cc1. The van der Waals surface area contributed by atoms with Crippen LogP contribution in [0.25, 0.3) is 5.52 Å². The number of amides is 1. The summed E-state index contributed by atoms with van der Waals surface area (Å²) in [7, 11) is -2.17. The number of nitrogens with zero attached hydrogens (tertiary/aromatic N) is 2. The number of carbonyl (C=O) groups excluding carboxylic acids is 1. The predicted molar refractivity (Wildman–Crippen MR) is 126 cm³/mol. The van der Waals surface area contributed by atoms with Gasteiger partial charge in [0, 0.05) is 25.5 Å². The maximum absolute atomic E-state index is 13.6. The summed E-state index contributed by atoms with van der Waals surface area (Å²) in [5, 5.41) is 0. The van der Waals surface area contributed by atoms with Crippen molar-refractivity contribution in [1.29, 1.82) is 0 Å². The van der Waals surface area contributed by atoms with Crippen LogP contribution in [0.3, 0.4) is 0 Å². The van der Waals surface area contributed by atoms with Crippen LogP contribution in [0.2, 0.25) is 0 Å². The molecule has 0 aliphatic rings.